The number of nitro groups is 1. The first-order chi connectivity index (χ1) is 13.0. The molecule has 0 aliphatic heterocycles. The maximum absolute atomic E-state index is 12.4. The van der Waals surface area contributed by atoms with Crippen LogP contribution in [0.5, 0.6) is 0 Å². The lowest BCUT2D eigenvalue weighted by Crippen LogP contribution is -2.42. The molecule has 8 nitrogen and oxygen atoms in total. The van der Waals surface area contributed by atoms with Gasteiger partial charge in [-0.1, -0.05) is 30.4 Å². The van der Waals surface area contributed by atoms with Crippen LogP contribution in [0.3, 0.4) is 0 Å². The van der Waals surface area contributed by atoms with Crippen molar-refractivity contribution in [1.82, 2.24) is 4.98 Å². The summed E-state index contributed by atoms with van der Waals surface area (Å²) in [6.45, 7) is 0.0810. The van der Waals surface area contributed by atoms with E-state index in [2.05, 4.69) is 10.3 Å². The van der Waals surface area contributed by atoms with Crippen LogP contribution >= 0.6 is 0 Å². The van der Waals surface area contributed by atoms with Crippen LogP contribution in [-0.4, -0.2) is 21.5 Å². The molecule has 27 heavy (non-hydrogen) atoms. The predicted molar refractivity (Wildman–Crippen MR) is 99.5 cm³/mol. The number of nitrogens with zero attached hydrogens (tertiary/aromatic N) is 2. The number of anilines is 1. The summed E-state index contributed by atoms with van der Waals surface area (Å²) in [6.07, 6.45) is 6.92. The summed E-state index contributed by atoms with van der Waals surface area (Å²) in [7, 11) is 0. The Hall–Kier alpha value is -3.36. The molecule has 0 fully saturated rings. The summed E-state index contributed by atoms with van der Waals surface area (Å²) in [5, 5.41) is 13.5. The van der Waals surface area contributed by atoms with Gasteiger partial charge in [-0.25, -0.2) is 4.98 Å². The first-order valence-electron chi connectivity index (χ1n) is 8.23. The molecule has 8 heteroatoms. The predicted octanol–water partition coefficient (Wildman–Crippen LogP) is 2.69. The normalized spacial score (nSPS) is 18.6. The number of benzene rings is 1. The molecule has 1 aliphatic rings. The zero-order valence-corrected chi connectivity index (χ0v) is 14.4. The zero-order chi connectivity index (χ0) is 19.3. The lowest BCUT2D eigenvalue weighted by atomic mass is 9.99. The number of nitrogens with one attached hydrogen (secondary N) is 1. The summed E-state index contributed by atoms with van der Waals surface area (Å²) >= 11 is 0. The Morgan fingerprint density at radius 2 is 2.19 bits per heavy atom. The molecule has 0 radical (unpaired) electrons. The monoisotopic (exact) mass is 366 g/mol. The molecule has 1 unspecified atom stereocenters. The lowest BCUT2D eigenvalue weighted by molar-refractivity contribution is -0.385. The van der Waals surface area contributed by atoms with E-state index in [1.807, 2.05) is 0 Å². The van der Waals surface area contributed by atoms with Gasteiger partial charge < -0.3 is 10.1 Å². The van der Waals surface area contributed by atoms with Gasteiger partial charge in [-0.15, -0.1) is 0 Å². The molecule has 0 saturated heterocycles. The maximum atomic E-state index is 12.4. The highest BCUT2D eigenvalue weighted by atomic mass is 16.6. The third-order valence-electron chi connectivity index (χ3n) is 3.93. The number of aromatic nitrogens is 1. The van der Waals surface area contributed by atoms with Crippen molar-refractivity contribution in [3.05, 3.63) is 88.1 Å². The molecule has 1 heterocycles. The Morgan fingerprint density at radius 1 is 1.33 bits per heavy atom. The number of hydrogen-bond donors (Lipinski definition) is 2. The Bertz CT molecular complexity index is 911. The van der Waals surface area contributed by atoms with Crippen molar-refractivity contribution in [3.63, 3.8) is 0 Å². The molecule has 1 aromatic heterocycles. The number of non-ortho nitro benzene ring substituents is 1. The van der Waals surface area contributed by atoms with E-state index in [0.29, 0.717) is 23.4 Å². The number of amides is 1. The largest absolute Gasteiger partial charge is 0.352 e. The fourth-order valence-corrected chi connectivity index (χ4v) is 2.58. The van der Waals surface area contributed by atoms with Gasteiger partial charge in [0.2, 0.25) is 0 Å². The molecule has 0 saturated carbocycles. The molecule has 138 valence electrons. The van der Waals surface area contributed by atoms with Crippen LogP contribution in [0.15, 0.2) is 72.5 Å². The fraction of sp³-hybridized carbons (Fsp3) is 0.158. The highest BCUT2D eigenvalue weighted by Gasteiger charge is 2.27. The van der Waals surface area contributed by atoms with Crippen LogP contribution in [0, 0.1) is 10.1 Å². The molecule has 1 aromatic carbocycles. The van der Waals surface area contributed by atoms with E-state index in [0.717, 1.165) is 0 Å². The number of nitrogens with two attached hydrogens (primary N) is 1. The zero-order valence-electron chi connectivity index (χ0n) is 14.4. The summed E-state index contributed by atoms with van der Waals surface area (Å²) in [5.74, 6) is 0.0842. The molecule has 1 aliphatic carbocycles. The molecule has 0 bridgehead atoms. The molecule has 3 rings (SSSR count). The molecular formula is C19H18N4O4. The number of carbonyl (C=O) groups excluding carboxylic acids is 1. The maximum Gasteiger partial charge on any atom is 0.269 e. The highest BCUT2D eigenvalue weighted by molar-refractivity contribution is 6.05. The van der Waals surface area contributed by atoms with Gasteiger partial charge in [0.15, 0.2) is 0 Å². The van der Waals surface area contributed by atoms with Crippen molar-refractivity contribution in [2.45, 2.75) is 18.8 Å². The fourth-order valence-electron chi connectivity index (χ4n) is 2.58. The van der Waals surface area contributed by atoms with Crippen LogP contribution in [0.25, 0.3) is 0 Å². The number of nitro benzene ring substituents is 1. The second-order valence-electron chi connectivity index (χ2n) is 6.05. The summed E-state index contributed by atoms with van der Waals surface area (Å²) in [5.41, 5.74) is 6.02. The van der Waals surface area contributed by atoms with Crippen LogP contribution in [0.4, 0.5) is 11.5 Å². The van der Waals surface area contributed by atoms with Crippen LogP contribution in [-0.2, 0) is 16.1 Å². The summed E-state index contributed by atoms with van der Waals surface area (Å²) in [6, 6.07) is 11.3. The van der Waals surface area contributed by atoms with Crippen molar-refractivity contribution in [2.75, 3.05) is 5.32 Å². The molecule has 0 spiro atoms. The first-order valence-corrected chi connectivity index (χ1v) is 8.23. The smallest absolute Gasteiger partial charge is 0.269 e. The number of hydrogen-bond acceptors (Lipinski definition) is 6. The summed E-state index contributed by atoms with van der Waals surface area (Å²) in [4.78, 5) is 26.8. The van der Waals surface area contributed by atoms with Crippen molar-refractivity contribution >= 4 is 17.4 Å². The van der Waals surface area contributed by atoms with E-state index in [1.54, 1.807) is 54.8 Å². The highest BCUT2D eigenvalue weighted by Crippen LogP contribution is 2.23. The number of pyridine rings is 1. The van der Waals surface area contributed by atoms with Crippen molar-refractivity contribution in [1.29, 1.82) is 0 Å². The minimum absolute atomic E-state index is 0.0170. The van der Waals surface area contributed by atoms with Gasteiger partial charge in [0.25, 0.3) is 11.6 Å². The first kappa shape index (κ1) is 18.4. The van der Waals surface area contributed by atoms with Gasteiger partial charge in [-0.2, -0.15) is 0 Å². The molecule has 2 aromatic rings. The Kier molecular flexibility index (Phi) is 5.39. The Balaban J connectivity index is 1.68. The number of ether oxygens (including phenoxy) is 1. The minimum Gasteiger partial charge on any atom is -0.352 e. The second kappa shape index (κ2) is 7.90. The van der Waals surface area contributed by atoms with E-state index >= 15 is 0 Å². The van der Waals surface area contributed by atoms with E-state index in [9.17, 15) is 14.9 Å². The van der Waals surface area contributed by atoms with Gasteiger partial charge in [-0.05, 0) is 23.8 Å². The average molecular weight is 366 g/mol. The van der Waals surface area contributed by atoms with Crippen molar-refractivity contribution < 1.29 is 14.5 Å². The van der Waals surface area contributed by atoms with Crippen molar-refractivity contribution in [3.8, 4) is 0 Å². The van der Waals surface area contributed by atoms with Crippen LogP contribution in [0.2, 0.25) is 0 Å². The van der Waals surface area contributed by atoms with Crippen LogP contribution in [0.1, 0.15) is 12.0 Å². The van der Waals surface area contributed by atoms with Crippen LogP contribution < -0.4 is 11.1 Å². The van der Waals surface area contributed by atoms with Gasteiger partial charge in [-0.3, -0.25) is 20.6 Å². The summed E-state index contributed by atoms with van der Waals surface area (Å²) < 4.78 is 5.75. The molecular weight excluding hydrogens is 348 g/mol. The van der Waals surface area contributed by atoms with E-state index in [-0.39, 0.29) is 18.2 Å². The average Bonchev–Trinajstić information content (AvgIpc) is 2.67. The number of carbonyl (C=O) groups is 1. The van der Waals surface area contributed by atoms with Gasteiger partial charge in [0, 0.05) is 30.3 Å². The molecule has 3 N–H and O–H groups in total. The third-order valence-corrected chi connectivity index (χ3v) is 3.93. The van der Waals surface area contributed by atoms with E-state index < -0.39 is 10.6 Å². The van der Waals surface area contributed by atoms with E-state index in [1.165, 1.54) is 12.1 Å². The van der Waals surface area contributed by atoms with Crippen molar-refractivity contribution in [2.24, 2.45) is 5.73 Å². The number of rotatable bonds is 6. The van der Waals surface area contributed by atoms with E-state index in [4.69, 9.17) is 10.5 Å². The lowest BCUT2D eigenvalue weighted by Gasteiger charge is -2.28. The van der Waals surface area contributed by atoms with Gasteiger partial charge in [0.05, 0.1) is 11.5 Å². The Morgan fingerprint density at radius 3 is 2.93 bits per heavy atom. The Labute approximate surface area is 155 Å². The molecule has 1 atom stereocenters. The SMILES string of the molecule is NC1(OCc2cccc([N+](=O)[O-])c2)C=C(C(=O)Nc2ccccn2)C=CC1. The standard InChI is InChI=1S/C19H18N4O4/c20-19(27-13-14-5-3-7-16(11-14)23(25)26)9-4-6-15(12-19)18(24)22-17-8-1-2-10-21-17/h1-8,10-12H,9,13,20H2,(H,21,22,24). The minimum atomic E-state index is -1.18. The molecule has 1 amide bonds. The quantitative estimate of drug-likeness (QED) is 0.461. The third kappa shape index (κ3) is 4.84. The topological polar surface area (TPSA) is 120 Å². The van der Waals surface area contributed by atoms with Gasteiger partial charge in [0.1, 0.15) is 11.5 Å². The van der Waals surface area contributed by atoms with Gasteiger partial charge >= 0.3 is 0 Å². The second-order valence-corrected chi connectivity index (χ2v) is 6.05.